The van der Waals surface area contributed by atoms with Crippen LogP contribution in [0.25, 0.3) is 0 Å². The van der Waals surface area contributed by atoms with Crippen LogP contribution in [0.1, 0.15) is 37.2 Å². The van der Waals surface area contributed by atoms with Gasteiger partial charge in [0.25, 0.3) is 0 Å². The molecule has 1 atom stereocenters. The monoisotopic (exact) mass is 377 g/mol. The van der Waals surface area contributed by atoms with Gasteiger partial charge in [0.15, 0.2) is 0 Å². The molecular formula is C13H20IN3O2. The van der Waals surface area contributed by atoms with Crippen LogP contribution in [0.15, 0.2) is 0 Å². The first-order valence-corrected chi connectivity index (χ1v) is 7.71. The van der Waals surface area contributed by atoms with E-state index in [0.717, 1.165) is 53.5 Å². The van der Waals surface area contributed by atoms with Crippen molar-refractivity contribution in [2.45, 2.75) is 32.3 Å². The molecule has 1 aliphatic rings. The number of hydrogen-bond donors (Lipinski definition) is 1. The van der Waals surface area contributed by atoms with Gasteiger partial charge in [-0.25, -0.2) is 9.97 Å². The first-order valence-electron chi connectivity index (χ1n) is 6.63. The molecule has 0 spiro atoms. The maximum Gasteiger partial charge on any atom is 0.143 e. The molecule has 2 rings (SSSR count). The molecule has 19 heavy (non-hydrogen) atoms. The lowest BCUT2D eigenvalue weighted by molar-refractivity contribution is 0.0778. The van der Waals surface area contributed by atoms with Gasteiger partial charge in [0.2, 0.25) is 0 Å². The highest BCUT2D eigenvalue weighted by Crippen LogP contribution is 2.27. The molecule has 0 bridgehead atoms. The lowest BCUT2D eigenvalue weighted by Crippen LogP contribution is -2.20. The molecule has 106 valence electrons. The van der Waals surface area contributed by atoms with Gasteiger partial charge in [-0.15, -0.1) is 0 Å². The molecule has 0 saturated carbocycles. The Kier molecular flexibility index (Phi) is 5.77. The van der Waals surface area contributed by atoms with Crippen LogP contribution in [0, 0.1) is 3.57 Å². The van der Waals surface area contributed by atoms with Crippen molar-refractivity contribution in [1.29, 1.82) is 0 Å². The SMILES string of the molecule is CCNc1nc(C2CCCOC2)nc(COC)c1I. The number of anilines is 1. The van der Waals surface area contributed by atoms with E-state index in [1.165, 1.54) is 0 Å². The highest BCUT2D eigenvalue weighted by Gasteiger charge is 2.21. The Morgan fingerprint density at radius 2 is 2.32 bits per heavy atom. The Morgan fingerprint density at radius 1 is 1.47 bits per heavy atom. The molecule has 1 aliphatic heterocycles. The van der Waals surface area contributed by atoms with Crippen molar-refractivity contribution in [3.63, 3.8) is 0 Å². The first kappa shape index (κ1) is 14.9. The van der Waals surface area contributed by atoms with Crippen LogP contribution in [0.2, 0.25) is 0 Å². The molecule has 0 radical (unpaired) electrons. The van der Waals surface area contributed by atoms with E-state index in [-0.39, 0.29) is 0 Å². The smallest absolute Gasteiger partial charge is 0.143 e. The van der Waals surface area contributed by atoms with Gasteiger partial charge in [0.05, 0.1) is 22.5 Å². The third-order valence-electron chi connectivity index (χ3n) is 3.09. The summed E-state index contributed by atoms with van der Waals surface area (Å²) in [5, 5.41) is 3.30. The topological polar surface area (TPSA) is 56.3 Å². The average molecular weight is 377 g/mol. The van der Waals surface area contributed by atoms with Gasteiger partial charge in [-0.3, -0.25) is 0 Å². The third-order valence-corrected chi connectivity index (χ3v) is 4.22. The zero-order valence-corrected chi connectivity index (χ0v) is 13.6. The van der Waals surface area contributed by atoms with Gasteiger partial charge in [-0.05, 0) is 42.4 Å². The molecule has 1 saturated heterocycles. The minimum atomic E-state index is 0.304. The largest absolute Gasteiger partial charge is 0.381 e. The molecule has 6 heteroatoms. The minimum absolute atomic E-state index is 0.304. The summed E-state index contributed by atoms with van der Waals surface area (Å²) in [6, 6.07) is 0. The third kappa shape index (κ3) is 3.76. The Labute approximate surface area is 127 Å². The van der Waals surface area contributed by atoms with Crippen LogP contribution >= 0.6 is 22.6 Å². The predicted octanol–water partition coefficient (Wildman–Crippen LogP) is 2.55. The summed E-state index contributed by atoms with van der Waals surface area (Å²) in [6.07, 6.45) is 2.18. The van der Waals surface area contributed by atoms with E-state index in [1.807, 2.05) is 0 Å². The van der Waals surface area contributed by atoms with Crippen molar-refractivity contribution in [2.75, 3.05) is 32.2 Å². The van der Waals surface area contributed by atoms with E-state index < -0.39 is 0 Å². The van der Waals surface area contributed by atoms with Crippen molar-refractivity contribution in [3.8, 4) is 0 Å². The maximum atomic E-state index is 5.53. The summed E-state index contributed by atoms with van der Waals surface area (Å²) in [5.74, 6) is 2.09. The highest BCUT2D eigenvalue weighted by molar-refractivity contribution is 14.1. The van der Waals surface area contributed by atoms with Gasteiger partial charge >= 0.3 is 0 Å². The molecule has 2 heterocycles. The Hall–Kier alpha value is -0.470. The molecule has 0 aliphatic carbocycles. The number of rotatable bonds is 5. The quantitative estimate of drug-likeness (QED) is 0.800. The Bertz CT molecular complexity index is 395. The summed E-state index contributed by atoms with van der Waals surface area (Å²) < 4.78 is 11.8. The van der Waals surface area contributed by atoms with Gasteiger partial charge in [0.1, 0.15) is 11.6 Å². The predicted molar refractivity (Wildman–Crippen MR) is 82.4 cm³/mol. The summed E-state index contributed by atoms with van der Waals surface area (Å²) in [4.78, 5) is 9.33. The molecule has 1 aromatic heterocycles. The van der Waals surface area contributed by atoms with Gasteiger partial charge < -0.3 is 14.8 Å². The molecule has 1 N–H and O–H groups in total. The van der Waals surface area contributed by atoms with Crippen LogP contribution < -0.4 is 5.32 Å². The van der Waals surface area contributed by atoms with E-state index in [4.69, 9.17) is 9.47 Å². The lowest BCUT2D eigenvalue weighted by atomic mass is 10.0. The molecule has 1 aromatic rings. The summed E-state index contributed by atoms with van der Waals surface area (Å²) in [6.45, 7) is 5.00. The van der Waals surface area contributed by atoms with Crippen molar-refractivity contribution in [3.05, 3.63) is 15.1 Å². The number of methoxy groups -OCH3 is 1. The maximum absolute atomic E-state index is 5.53. The summed E-state index contributed by atoms with van der Waals surface area (Å²) in [7, 11) is 1.69. The minimum Gasteiger partial charge on any atom is -0.381 e. The second kappa shape index (κ2) is 7.35. The standard InChI is InChI=1S/C13H20IN3O2/c1-3-15-13-11(14)10(8-18-2)16-12(17-13)9-5-4-6-19-7-9/h9H,3-8H2,1-2H3,(H,15,16,17). The average Bonchev–Trinajstić information content (AvgIpc) is 2.44. The number of ether oxygens (including phenoxy) is 2. The second-order valence-electron chi connectivity index (χ2n) is 4.57. The van der Waals surface area contributed by atoms with Gasteiger partial charge in [0, 0.05) is 26.2 Å². The number of nitrogens with zero attached hydrogens (tertiary/aromatic N) is 2. The number of aromatic nitrogens is 2. The number of halogens is 1. The summed E-state index contributed by atoms with van der Waals surface area (Å²) in [5.41, 5.74) is 0.953. The van der Waals surface area contributed by atoms with Crippen molar-refractivity contribution in [1.82, 2.24) is 9.97 Å². The Balaban J connectivity index is 2.30. The second-order valence-corrected chi connectivity index (χ2v) is 5.65. The fourth-order valence-corrected chi connectivity index (χ4v) is 2.74. The van der Waals surface area contributed by atoms with E-state index in [1.54, 1.807) is 7.11 Å². The van der Waals surface area contributed by atoms with Crippen molar-refractivity contribution in [2.24, 2.45) is 0 Å². The summed E-state index contributed by atoms with van der Waals surface area (Å²) >= 11 is 2.28. The van der Waals surface area contributed by atoms with Gasteiger partial charge in [-0.1, -0.05) is 0 Å². The van der Waals surface area contributed by atoms with E-state index in [9.17, 15) is 0 Å². The first-order chi connectivity index (χ1) is 9.26. The van der Waals surface area contributed by atoms with Gasteiger partial charge in [-0.2, -0.15) is 0 Å². The van der Waals surface area contributed by atoms with E-state index in [0.29, 0.717) is 12.5 Å². The Morgan fingerprint density at radius 3 is 2.95 bits per heavy atom. The van der Waals surface area contributed by atoms with Crippen LogP contribution in [-0.2, 0) is 16.1 Å². The molecule has 1 unspecified atom stereocenters. The van der Waals surface area contributed by atoms with E-state index in [2.05, 4.69) is 44.8 Å². The van der Waals surface area contributed by atoms with Crippen LogP contribution in [0.5, 0.6) is 0 Å². The van der Waals surface area contributed by atoms with Crippen molar-refractivity contribution < 1.29 is 9.47 Å². The zero-order chi connectivity index (χ0) is 13.7. The lowest BCUT2D eigenvalue weighted by Gasteiger charge is -2.22. The molecule has 5 nitrogen and oxygen atoms in total. The molecule has 1 fully saturated rings. The number of hydrogen-bond acceptors (Lipinski definition) is 5. The fraction of sp³-hybridized carbons (Fsp3) is 0.692. The normalized spacial score (nSPS) is 19.4. The highest BCUT2D eigenvalue weighted by atomic mass is 127. The van der Waals surface area contributed by atoms with Crippen LogP contribution in [-0.4, -0.2) is 36.8 Å². The fourth-order valence-electron chi connectivity index (χ4n) is 2.16. The van der Waals surface area contributed by atoms with E-state index >= 15 is 0 Å². The number of nitrogens with one attached hydrogen (secondary N) is 1. The molecule has 0 aromatic carbocycles. The van der Waals surface area contributed by atoms with Crippen molar-refractivity contribution >= 4 is 28.4 Å². The van der Waals surface area contributed by atoms with Crippen LogP contribution in [0.4, 0.5) is 5.82 Å². The van der Waals surface area contributed by atoms with Crippen LogP contribution in [0.3, 0.4) is 0 Å². The molecular weight excluding hydrogens is 357 g/mol. The molecule has 0 amide bonds. The zero-order valence-electron chi connectivity index (χ0n) is 11.4.